The molecule has 9 heteroatoms. The second-order valence-electron chi connectivity index (χ2n) is 13.0. The molecule has 1 N–H and O–H groups in total. The fourth-order valence-electron chi connectivity index (χ4n) is 8.83. The van der Waals surface area contributed by atoms with Crippen LogP contribution in [0.25, 0.3) is 0 Å². The van der Waals surface area contributed by atoms with Crippen LogP contribution in [0, 0.1) is 23.7 Å². The van der Waals surface area contributed by atoms with Crippen LogP contribution in [0.1, 0.15) is 35.4 Å². The minimum atomic E-state index is -1.49. The van der Waals surface area contributed by atoms with Crippen molar-refractivity contribution in [2.75, 3.05) is 4.90 Å². The van der Waals surface area contributed by atoms with Gasteiger partial charge in [0.25, 0.3) is 0 Å². The van der Waals surface area contributed by atoms with E-state index in [1.165, 1.54) is 15.9 Å². The molecular weight excluding hydrogens is 647 g/mol. The topological polar surface area (TPSA) is 95.0 Å². The number of anilines is 1. The van der Waals surface area contributed by atoms with Crippen LogP contribution < -0.4 is 4.90 Å². The van der Waals surface area contributed by atoms with Crippen LogP contribution >= 0.6 is 23.2 Å². The Morgan fingerprint density at radius 2 is 1.46 bits per heavy atom. The Morgan fingerprint density at radius 1 is 0.750 bits per heavy atom. The van der Waals surface area contributed by atoms with E-state index >= 15 is 4.79 Å². The molecule has 0 bridgehead atoms. The van der Waals surface area contributed by atoms with E-state index in [1.807, 2.05) is 66.7 Å². The van der Waals surface area contributed by atoms with Crippen LogP contribution in [0.4, 0.5) is 5.69 Å². The summed E-state index contributed by atoms with van der Waals surface area (Å²) in [5.74, 6) is -5.11. The number of benzene rings is 4. The van der Waals surface area contributed by atoms with Crippen LogP contribution in [-0.4, -0.2) is 33.6 Å². The SMILES string of the molecule is O=C1C2CC=C3C(CC4C(=O)N(c5cccc(Cl)c5)C(=O)C4(c4ccccc4)C3c3cc(Cl)ccc3O)C2C(=O)N1Cc1ccccc1. The average molecular weight is 678 g/mol. The Morgan fingerprint density at radius 3 is 2.19 bits per heavy atom. The molecule has 2 aliphatic carbocycles. The highest BCUT2D eigenvalue weighted by Gasteiger charge is 2.70. The predicted octanol–water partition coefficient (Wildman–Crippen LogP) is 7.06. The Balaban J connectivity index is 1.34. The lowest BCUT2D eigenvalue weighted by Gasteiger charge is -2.50. The van der Waals surface area contributed by atoms with Crippen LogP contribution in [-0.2, 0) is 31.1 Å². The zero-order chi connectivity index (χ0) is 33.3. The summed E-state index contributed by atoms with van der Waals surface area (Å²) in [5, 5.41) is 12.2. The number of hydrogen-bond acceptors (Lipinski definition) is 5. The number of likely N-dealkylation sites (tertiary alicyclic amines) is 1. The summed E-state index contributed by atoms with van der Waals surface area (Å²) in [4.78, 5) is 60.7. The van der Waals surface area contributed by atoms with Gasteiger partial charge in [-0.2, -0.15) is 0 Å². The van der Waals surface area contributed by atoms with E-state index in [9.17, 15) is 19.5 Å². The fraction of sp³-hybridized carbons (Fsp3) is 0.231. The lowest BCUT2D eigenvalue weighted by atomic mass is 9.49. The number of rotatable bonds is 5. The summed E-state index contributed by atoms with van der Waals surface area (Å²) < 4.78 is 0. The Hall–Kier alpha value is -4.72. The Labute approximate surface area is 287 Å². The molecule has 0 aromatic heterocycles. The second kappa shape index (κ2) is 11.5. The van der Waals surface area contributed by atoms with Gasteiger partial charge >= 0.3 is 0 Å². The van der Waals surface area contributed by atoms with Crippen LogP contribution in [0.2, 0.25) is 10.0 Å². The molecule has 240 valence electrons. The zero-order valence-electron chi connectivity index (χ0n) is 25.6. The highest BCUT2D eigenvalue weighted by atomic mass is 35.5. The van der Waals surface area contributed by atoms with Gasteiger partial charge in [-0.25, -0.2) is 4.90 Å². The number of fused-ring (bicyclic) bond motifs is 4. The second-order valence-corrected chi connectivity index (χ2v) is 13.9. The number of halogens is 2. The normalized spacial score (nSPS) is 27.9. The zero-order valence-corrected chi connectivity index (χ0v) is 27.1. The van der Waals surface area contributed by atoms with Crippen molar-refractivity contribution in [2.24, 2.45) is 23.7 Å². The van der Waals surface area contributed by atoms with Gasteiger partial charge in [0.1, 0.15) is 5.75 Å². The van der Waals surface area contributed by atoms with E-state index in [0.717, 1.165) is 11.1 Å². The summed E-state index contributed by atoms with van der Waals surface area (Å²) in [5.41, 5.74) is 1.44. The average Bonchev–Trinajstić information content (AvgIpc) is 3.47. The number of nitrogens with zero attached hydrogens (tertiary/aromatic N) is 2. The van der Waals surface area contributed by atoms with E-state index in [2.05, 4.69) is 0 Å². The Bertz CT molecular complexity index is 2030. The lowest BCUT2D eigenvalue weighted by Crippen LogP contribution is -2.53. The molecule has 0 radical (unpaired) electrons. The summed E-state index contributed by atoms with van der Waals surface area (Å²) in [6, 6.07) is 29.9. The molecule has 2 heterocycles. The number of aromatic hydroxyl groups is 1. The molecule has 4 aromatic carbocycles. The summed E-state index contributed by atoms with van der Waals surface area (Å²) >= 11 is 12.9. The van der Waals surface area contributed by atoms with Crippen LogP contribution in [0.3, 0.4) is 0 Å². The van der Waals surface area contributed by atoms with Crippen molar-refractivity contribution in [1.29, 1.82) is 0 Å². The molecule has 6 atom stereocenters. The molecule has 0 spiro atoms. The fourth-order valence-corrected chi connectivity index (χ4v) is 9.20. The molecule has 4 amide bonds. The third kappa shape index (κ3) is 4.41. The number of imide groups is 2. The molecule has 3 fully saturated rings. The number of allylic oxidation sites excluding steroid dienone is 2. The highest BCUT2D eigenvalue weighted by Crippen LogP contribution is 2.65. The summed E-state index contributed by atoms with van der Waals surface area (Å²) in [7, 11) is 0. The van der Waals surface area contributed by atoms with E-state index in [4.69, 9.17) is 23.2 Å². The molecule has 4 aromatic rings. The highest BCUT2D eigenvalue weighted by molar-refractivity contribution is 6.32. The lowest BCUT2D eigenvalue weighted by molar-refractivity contribution is -0.141. The van der Waals surface area contributed by atoms with Gasteiger partial charge in [-0.15, -0.1) is 0 Å². The van der Waals surface area contributed by atoms with Crippen molar-refractivity contribution in [1.82, 2.24) is 4.90 Å². The first-order valence-corrected chi connectivity index (χ1v) is 16.7. The van der Waals surface area contributed by atoms with Crippen molar-refractivity contribution >= 4 is 52.5 Å². The van der Waals surface area contributed by atoms with Crippen molar-refractivity contribution in [2.45, 2.75) is 30.7 Å². The Kier molecular flexibility index (Phi) is 7.31. The van der Waals surface area contributed by atoms with Gasteiger partial charge in [-0.1, -0.05) is 102 Å². The molecule has 48 heavy (non-hydrogen) atoms. The molecule has 4 aliphatic rings. The molecular formula is C39H30Cl2N2O5. The van der Waals surface area contributed by atoms with E-state index in [0.29, 0.717) is 33.3 Å². The number of carbonyl (C=O) groups is 4. The third-order valence-corrected chi connectivity index (χ3v) is 11.2. The number of hydrogen-bond donors (Lipinski definition) is 1. The molecule has 6 unspecified atom stereocenters. The van der Waals surface area contributed by atoms with Gasteiger partial charge in [0.05, 0.1) is 35.4 Å². The van der Waals surface area contributed by atoms with Crippen molar-refractivity contribution in [3.05, 3.63) is 142 Å². The first-order chi connectivity index (χ1) is 23.2. The number of amides is 4. The van der Waals surface area contributed by atoms with E-state index in [1.54, 1.807) is 36.4 Å². The maximum absolute atomic E-state index is 15.2. The van der Waals surface area contributed by atoms with Gasteiger partial charge in [0.15, 0.2) is 0 Å². The number of phenols is 1. The maximum Gasteiger partial charge on any atom is 0.246 e. The third-order valence-electron chi connectivity index (χ3n) is 10.7. The van der Waals surface area contributed by atoms with Crippen LogP contribution in [0.5, 0.6) is 5.75 Å². The van der Waals surface area contributed by atoms with Gasteiger partial charge in [-0.05, 0) is 66.3 Å². The number of phenolic OH excluding ortho intramolecular Hbond substituents is 1. The van der Waals surface area contributed by atoms with Gasteiger partial charge < -0.3 is 5.11 Å². The van der Waals surface area contributed by atoms with E-state index in [-0.39, 0.29) is 30.5 Å². The molecule has 8 rings (SSSR count). The smallest absolute Gasteiger partial charge is 0.246 e. The first-order valence-electron chi connectivity index (χ1n) is 16.0. The molecule has 1 saturated carbocycles. The molecule has 7 nitrogen and oxygen atoms in total. The standard InChI is InChI=1S/C39H30Cl2N2O5/c40-24-12-7-13-26(18-24)43-36(46)31-20-29-27(15-16-28-33(29)37(47)42(35(28)45)21-22-8-3-1-4-9-22)34(30-19-25(41)14-17-32(30)44)39(31,38(43)48)23-10-5-2-6-11-23/h1-15,17-19,28-29,31,33-34,44H,16,20-21H2. The molecule has 2 saturated heterocycles. The number of carbonyl (C=O) groups excluding carboxylic acids is 4. The minimum Gasteiger partial charge on any atom is -0.508 e. The maximum atomic E-state index is 15.2. The monoisotopic (exact) mass is 676 g/mol. The van der Waals surface area contributed by atoms with Gasteiger partial charge in [-0.3, -0.25) is 24.1 Å². The molecule has 2 aliphatic heterocycles. The van der Waals surface area contributed by atoms with E-state index < -0.39 is 46.8 Å². The van der Waals surface area contributed by atoms with Crippen molar-refractivity contribution in [3.8, 4) is 5.75 Å². The minimum absolute atomic E-state index is 0.0805. The quantitative estimate of drug-likeness (QED) is 0.180. The summed E-state index contributed by atoms with van der Waals surface area (Å²) in [6.45, 7) is 0.156. The first kappa shape index (κ1) is 30.6. The van der Waals surface area contributed by atoms with Crippen molar-refractivity contribution < 1.29 is 24.3 Å². The predicted molar refractivity (Wildman–Crippen MR) is 181 cm³/mol. The largest absolute Gasteiger partial charge is 0.508 e. The summed E-state index contributed by atoms with van der Waals surface area (Å²) in [6.07, 6.45) is 2.42. The van der Waals surface area contributed by atoms with Crippen molar-refractivity contribution in [3.63, 3.8) is 0 Å². The van der Waals surface area contributed by atoms with Gasteiger partial charge in [0, 0.05) is 21.5 Å². The van der Waals surface area contributed by atoms with Gasteiger partial charge in [0.2, 0.25) is 23.6 Å². The van der Waals surface area contributed by atoms with Crippen LogP contribution in [0.15, 0.2) is 115 Å².